The Hall–Kier alpha value is -1.91. The molecule has 0 aliphatic rings. The van der Waals surface area contributed by atoms with Crippen molar-refractivity contribution in [3.05, 3.63) is 39.9 Å². The molecule has 0 fully saturated rings. The van der Waals surface area contributed by atoms with Crippen molar-refractivity contribution in [3.8, 4) is 0 Å². The second-order valence-electron chi connectivity index (χ2n) is 6.24. The quantitative estimate of drug-likeness (QED) is 0.304. The first kappa shape index (κ1) is 20.1. The number of carbonyl (C=O) groups is 1. The standard InChI is InChI=1S/C19H30N2O3/c1-2-3-4-5-6-7-8-9-10-11-16-20-19(22)17-12-14-18(15-13-17)21(23)24/h12-15H,2-11,16H2,1H3,(H,20,22). The van der Waals surface area contributed by atoms with E-state index in [1.807, 2.05) is 0 Å². The Labute approximate surface area is 145 Å². The van der Waals surface area contributed by atoms with Crippen molar-refractivity contribution in [3.63, 3.8) is 0 Å². The number of non-ortho nitro benzene ring substituents is 1. The third-order valence-corrected chi connectivity index (χ3v) is 4.16. The van der Waals surface area contributed by atoms with E-state index in [2.05, 4.69) is 12.2 Å². The van der Waals surface area contributed by atoms with Gasteiger partial charge in [-0.3, -0.25) is 14.9 Å². The first-order valence-corrected chi connectivity index (χ1v) is 9.17. The predicted molar refractivity (Wildman–Crippen MR) is 97.3 cm³/mol. The summed E-state index contributed by atoms with van der Waals surface area (Å²) in [6, 6.07) is 5.70. The Kier molecular flexibility index (Phi) is 10.5. The maximum atomic E-state index is 11.9. The van der Waals surface area contributed by atoms with Crippen molar-refractivity contribution in [2.24, 2.45) is 0 Å². The van der Waals surface area contributed by atoms with Crippen LogP contribution in [0, 0.1) is 10.1 Å². The van der Waals surface area contributed by atoms with E-state index in [1.165, 1.54) is 75.6 Å². The number of nitrogens with zero attached hydrogens (tertiary/aromatic N) is 1. The van der Waals surface area contributed by atoms with Crippen molar-refractivity contribution in [1.82, 2.24) is 5.32 Å². The molecule has 1 N–H and O–H groups in total. The summed E-state index contributed by atoms with van der Waals surface area (Å²) < 4.78 is 0. The van der Waals surface area contributed by atoms with Crippen LogP contribution in [0.5, 0.6) is 0 Å². The second kappa shape index (κ2) is 12.5. The van der Waals surface area contributed by atoms with E-state index in [9.17, 15) is 14.9 Å². The van der Waals surface area contributed by atoms with E-state index < -0.39 is 4.92 Å². The van der Waals surface area contributed by atoms with Crippen LogP contribution in [-0.2, 0) is 0 Å². The van der Waals surface area contributed by atoms with Gasteiger partial charge in [0.15, 0.2) is 0 Å². The molecule has 1 aromatic rings. The van der Waals surface area contributed by atoms with E-state index >= 15 is 0 Å². The molecule has 1 rings (SSSR count). The third kappa shape index (κ3) is 8.65. The predicted octanol–water partition coefficient (Wildman–Crippen LogP) is 5.25. The van der Waals surface area contributed by atoms with Gasteiger partial charge in [0.1, 0.15) is 0 Å². The zero-order valence-corrected chi connectivity index (χ0v) is 14.8. The normalized spacial score (nSPS) is 10.5. The molecule has 5 heteroatoms. The van der Waals surface area contributed by atoms with E-state index in [1.54, 1.807) is 0 Å². The summed E-state index contributed by atoms with van der Waals surface area (Å²) in [7, 11) is 0. The topological polar surface area (TPSA) is 72.2 Å². The Morgan fingerprint density at radius 3 is 1.92 bits per heavy atom. The summed E-state index contributed by atoms with van der Waals surface area (Å²) in [6.45, 7) is 2.90. The van der Waals surface area contributed by atoms with Gasteiger partial charge in [-0.15, -0.1) is 0 Å². The molecule has 5 nitrogen and oxygen atoms in total. The van der Waals surface area contributed by atoms with Gasteiger partial charge in [-0.1, -0.05) is 64.7 Å². The fourth-order valence-electron chi connectivity index (χ4n) is 2.65. The summed E-state index contributed by atoms with van der Waals surface area (Å²) in [5, 5.41) is 13.4. The van der Waals surface area contributed by atoms with Gasteiger partial charge < -0.3 is 5.32 Å². The molecule has 0 spiro atoms. The molecule has 0 aromatic heterocycles. The number of amides is 1. The van der Waals surface area contributed by atoms with Gasteiger partial charge in [0.25, 0.3) is 11.6 Å². The van der Waals surface area contributed by atoms with Crippen LogP contribution < -0.4 is 5.32 Å². The monoisotopic (exact) mass is 334 g/mol. The molecule has 0 saturated heterocycles. The van der Waals surface area contributed by atoms with E-state index in [0.717, 1.165) is 12.8 Å². The van der Waals surface area contributed by atoms with Crippen LogP contribution in [0.1, 0.15) is 81.5 Å². The first-order chi connectivity index (χ1) is 11.6. The molecule has 0 aliphatic heterocycles. The molecule has 134 valence electrons. The number of hydrogen-bond acceptors (Lipinski definition) is 3. The highest BCUT2D eigenvalue weighted by atomic mass is 16.6. The molecule has 0 unspecified atom stereocenters. The highest BCUT2D eigenvalue weighted by molar-refractivity contribution is 5.94. The molecule has 0 aliphatic carbocycles. The highest BCUT2D eigenvalue weighted by Crippen LogP contribution is 2.12. The molecule has 0 bridgehead atoms. The average molecular weight is 334 g/mol. The number of unbranched alkanes of at least 4 members (excludes halogenated alkanes) is 9. The number of hydrogen-bond donors (Lipinski definition) is 1. The van der Waals surface area contributed by atoms with Gasteiger partial charge in [-0.05, 0) is 18.6 Å². The summed E-state index contributed by atoms with van der Waals surface area (Å²) in [5.74, 6) is -0.166. The van der Waals surface area contributed by atoms with Gasteiger partial charge in [0.05, 0.1) is 4.92 Å². The van der Waals surface area contributed by atoms with E-state index in [0.29, 0.717) is 12.1 Å². The fraction of sp³-hybridized carbons (Fsp3) is 0.632. The zero-order chi connectivity index (χ0) is 17.6. The van der Waals surface area contributed by atoms with Gasteiger partial charge >= 0.3 is 0 Å². The lowest BCUT2D eigenvalue weighted by atomic mass is 10.1. The van der Waals surface area contributed by atoms with E-state index in [-0.39, 0.29) is 11.6 Å². The van der Waals surface area contributed by atoms with Crippen LogP contribution in [-0.4, -0.2) is 17.4 Å². The van der Waals surface area contributed by atoms with Crippen LogP contribution in [0.4, 0.5) is 5.69 Å². The molecule has 24 heavy (non-hydrogen) atoms. The number of carbonyl (C=O) groups excluding carboxylic acids is 1. The fourth-order valence-corrected chi connectivity index (χ4v) is 2.65. The third-order valence-electron chi connectivity index (χ3n) is 4.16. The minimum Gasteiger partial charge on any atom is -0.352 e. The summed E-state index contributed by atoms with van der Waals surface area (Å²) >= 11 is 0. The lowest BCUT2D eigenvalue weighted by molar-refractivity contribution is -0.384. The Morgan fingerprint density at radius 2 is 1.42 bits per heavy atom. The van der Waals surface area contributed by atoms with Crippen LogP contribution in [0.2, 0.25) is 0 Å². The molecule has 0 saturated carbocycles. The zero-order valence-electron chi connectivity index (χ0n) is 14.8. The number of benzene rings is 1. The first-order valence-electron chi connectivity index (χ1n) is 9.17. The number of nitrogens with one attached hydrogen (secondary N) is 1. The van der Waals surface area contributed by atoms with E-state index in [4.69, 9.17) is 0 Å². The molecule has 0 atom stereocenters. The van der Waals surface area contributed by atoms with Crippen LogP contribution in [0.25, 0.3) is 0 Å². The summed E-state index contributed by atoms with van der Waals surface area (Å²) in [4.78, 5) is 22.0. The number of nitro groups is 1. The minimum atomic E-state index is -0.467. The summed E-state index contributed by atoms with van der Waals surface area (Å²) in [6.07, 6.45) is 12.7. The van der Waals surface area contributed by atoms with Crippen molar-refractivity contribution in [1.29, 1.82) is 0 Å². The van der Waals surface area contributed by atoms with Crippen molar-refractivity contribution < 1.29 is 9.72 Å². The maximum Gasteiger partial charge on any atom is 0.269 e. The van der Waals surface area contributed by atoms with Gasteiger partial charge in [-0.2, -0.15) is 0 Å². The van der Waals surface area contributed by atoms with Crippen molar-refractivity contribution >= 4 is 11.6 Å². The molecule has 0 heterocycles. The molecule has 1 amide bonds. The maximum absolute atomic E-state index is 11.9. The second-order valence-corrected chi connectivity index (χ2v) is 6.24. The smallest absolute Gasteiger partial charge is 0.269 e. The highest BCUT2D eigenvalue weighted by Gasteiger charge is 2.08. The molecular weight excluding hydrogens is 304 g/mol. The van der Waals surface area contributed by atoms with Crippen molar-refractivity contribution in [2.75, 3.05) is 6.54 Å². The Bertz CT molecular complexity index is 486. The van der Waals surface area contributed by atoms with Crippen LogP contribution in [0.15, 0.2) is 24.3 Å². The number of nitro benzene ring substituents is 1. The van der Waals surface area contributed by atoms with Gasteiger partial charge in [-0.25, -0.2) is 0 Å². The van der Waals surface area contributed by atoms with Crippen LogP contribution in [0.3, 0.4) is 0 Å². The Morgan fingerprint density at radius 1 is 0.917 bits per heavy atom. The lowest BCUT2D eigenvalue weighted by Crippen LogP contribution is -2.24. The molecule has 0 radical (unpaired) electrons. The minimum absolute atomic E-state index is 0.00115. The molecule has 1 aromatic carbocycles. The number of rotatable bonds is 13. The lowest BCUT2D eigenvalue weighted by Gasteiger charge is -2.05. The van der Waals surface area contributed by atoms with Gasteiger partial charge in [0.2, 0.25) is 0 Å². The van der Waals surface area contributed by atoms with Crippen LogP contribution >= 0.6 is 0 Å². The SMILES string of the molecule is CCCCCCCCCCCCNC(=O)c1ccc([N+](=O)[O-])cc1. The largest absolute Gasteiger partial charge is 0.352 e. The average Bonchev–Trinajstić information content (AvgIpc) is 2.59. The van der Waals surface area contributed by atoms with Crippen molar-refractivity contribution in [2.45, 2.75) is 71.1 Å². The summed E-state index contributed by atoms with van der Waals surface area (Å²) in [5.41, 5.74) is 0.467. The van der Waals surface area contributed by atoms with Gasteiger partial charge in [0, 0.05) is 24.2 Å². The Balaban J connectivity index is 2.02. The molecular formula is C19H30N2O3.